The van der Waals surface area contributed by atoms with Crippen LogP contribution in [0.1, 0.15) is 31.4 Å². The molecule has 0 spiro atoms. The van der Waals surface area contributed by atoms with Gasteiger partial charge in [-0.1, -0.05) is 55.8 Å². The molecule has 0 bridgehead atoms. The number of allylic oxidation sites excluding steroid dienone is 4. The van der Waals surface area contributed by atoms with Crippen LogP contribution in [0.2, 0.25) is 0 Å². The predicted molar refractivity (Wildman–Crippen MR) is 120 cm³/mol. The minimum atomic E-state index is -0.990. The van der Waals surface area contributed by atoms with Crippen LogP contribution in [0.4, 0.5) is 5.69 Å². The molecule has 0 saturated carbocycles. The van der Waals surface area contributed by atoms with Crippen LogP contribution in [-0.4, -0.2) is 28.8 Å². The number of hydrogen-bond donors (Lipinski definition) is 2. The smallest absolute Gasteiger partial charge is 0.292 e. The third-order valence-corrected chi connectivity index (χ3v) is 7.37. The van der Waals surface area contributed by atoms with Crippen LogP contribution >= 0.6 is 11.8 Å². The number of nitrogens with one attached hydrogen (secondary N) is 2. The molecule has 0 unspecified atom stereocenters. The fourth-order valence-corrected chi connectivity index (χ4v) is 5.68. The Hall–Kier alpha value is -2.60. The zero-order chi connectivity index (χ0) is 21.6. The number of rotatable bonds is 3. The summed E-state index contributed by atoms with van der Waals surface area (Å²) in [6.45, 7) is 7.62. The van der Waals surface area contributed by atoms with Crippen molar-refractivity contribution in [1.82, 2.24) is 5.32 Å². The van der Waals surface area contributed by atoms with Crippen molar-refractivity contribution in [2.45, 2.75) is 45.4 Å². The quantitative estimate of drug-likeness (QED) is 0.572. The molecule has 30 heavy (non-hydrogen) atoms. The first-order chi connectivity index (χ1) is 14.2. The second kappa shape index (κ2) is 7.58. The highest BCUT2D eigenvalue weighted by Gasteiger charge is 2.50. The molecule has 0 aromatic heterocycles. The molecule has 1 aliphatic heterocycles. The number of thioether (sulfide) groups is 1. The Morgan fingerprint density at radius 1 is 1.17 bits per heavy atom. The van der Waals surface area contributed by atoms with Crippen molar-refractivity contribution in [3.05, 3.63) is 64.2 Å². The van der Waals surface area contributed by atoms with E-state index in [1.165, 1.54) is 11.8 Å². The third-order valence-electron chi connectivity index (χ3n) is 5.97. The molecule has 3 atom stereocenters. The minimum Gasteiger partial charge on any atom is -0.380 e. The van der Waals surface area contributed by atoms with Crippen LogP contribution in [0.15, 0.2) is 53.1 Å². The average Bonchev–Trinajstić information content (AvgIpc) is 2.68. The van der Waals surface area contributed by atoms with E-state index in [0.717, 1.165) is 16.8 Å². The molecule has 0 fully saturated rings. The van der Waals surface area contributed by atoms with E-state index in [2.05, 4.69) is 22.8 Å². The molecule has 1 heterocycles. The van der Waals surface area contributed by atoms with E-state index in [1.54, 1.807) is 6.07 Å². The Morgan fingerprint density at radius 3 is 2.63 bits per heavy atom. The maximum atomic E-state index is 13.4. The molecule has 6 heteroatoms. The molecule has 3 aliphatic rings. The van der Waals surface area contributed by atoms with Crippen molar-refractivity contribution in [3.63, 3.8) is 0 Å². The summed E-state index contributed by atoms with van der Waals surface area (Å²) in [7, 11) is 0. The molecule has 5 nitrogen and oxygen atoms in total. The lowest BCUT2D eigenvalue weighted by Gasteiger charge is -2.43. The van der Waals surface area contributed by atoms with Crippen LogP contribution in [0.25, 0.3) is 0 Å². The maximum absolute atomic E-state index is 13.4. The standard InChI is InChI=1S/C24H26N2O3S/c1-13-9-10-15(14(2)11-13)26-23(29)21(28)19-20(27)22-17(12-24(19,3)4)25-16-7-5-6-8-18(16)30-22/h5-11,16,18-19,25H,12H2,1-4H3,(H,26,29)/t16-,18+,19-/m1/s1. The average molecular weight is 423 g/mol. The summed E-state index contributed by atoms with van der Waals surface area (Å²) in [5.74, 6) is -2.64. The summed E-state index contributed by atoms with van der Waals surface area (Å²) in [6.07, 6.45) is 8.67. The second-order valence-corrected chi connectivity index (χ2v) is 10.1. The molecule has 0 radical (unpaired) electrons. The monoisotopic (exact) mass is 422 g/mol. The van der Waals surface area contributed by atoms with Gasteiger partial charge in [-0.2, -0.15) is 0 Å². The first-order valence-electron chi connectivity index (χ1n) is 10.2. The van der Waals surface area contributed by atoms with Crippen molar-refractivity contribution in [2.75, 3.05) is 5.32 Å². The fraction of sp³-hybridized carbons (Fsp3) is 0.375. The summed E-state index contributed by atoms with van der Waals surface area (Å²) in [4.78, 5) is 39.9. The number of aryl methyl sites for hydroxylation is 2. The molecular formula is C24H26N2O3S. The van der Waals surface area contributed by atoms with Crippen LogP contribution in [0.5, 0.6) is 0 Å². The van der Waals surface area contributed by atoms with Crippen molar-refractivity contribution in [1.29, 1.82) is 0 Å². The first kappa shape index (κ1) is 20.7. The van der Waals surface area contributed by atoms with Crippen molar-refractivity contribution in [2.24, 2.45) is 11.3 Å². The van der Waals surface area contributed by atoms with Gasteiger partial charge in [-0.05, 0) is 37.3 Å². The van der Waals surface area contributed by atoms with Crippen molar-refractivity contribution >= 4 is 34.9 Å². The highest BCUT2D eigenvalue weighted by atomic mass is 32.2. The first-order valence-corrected chi connectivity index (χ1v) is 11.0. The lowest BCUT2D eigenvalue weighted by Crippen LogP contribution is -2.51. The number of Topliss-reactive ketones (excluding diaryl/α,β-unsaturated/α-hetero) is 2. The topological polar surface area (TPSA) is 75.3 Å². The largest absolute Gasteiger partial charge is 0.380 e. The lowest BCUT2D eigenvalue weighted by atomic mass is 9.67. The molecule has 4 rings (SSSR count). The predicted octanol–water partition coefficient (Wildman–Crippen LogP) is 3.84. The number of carbonyl (C=O) groups is 3. The van der Waals surface area contributed by atoms with Gasteiger partial charge in [0.2, 0.25) is 5.78 Å². The molecule has 2 N–H and O–H groups in total. The summed E-state index contributed by atoms with van der Waals surface area (Å²) < 4.78 is 0. The van der Waals surface area contributed by atoms with Crippen LogP contribution in [0.3, 0.4) is 0 Å². The number of ketones is 2. The Bertz CT molecular complexity index is 1030. The highest BCUT2D eigenvalue weighted by molar-refractivity contribution is 8.04. The van der Waals surface area contributed by atoms with E-state index in [1.807, 2.05) is 52.0 Å². The molecule has 1 aromatic carbocycles. The van der Waals surface area contributed by atoms with E-state index in [9.17, 15) is 14.4 Å². The van der Waals surface area contributed by atoms with Gasteiger partial charge >= 0.3 is 0 Å². The van der Waals surface area contributed by atoms with Crippen molar-refractivity contribution in [3.8, 4) is 0 Å². The second-order valence-electron chi connectivity index (χ2n) is 8.93. The zero-order valence-corrected chi connectivity index (χ0v) is 18.4. The molecule has 156 valence electrons. The van der Waals surface area contributed by atoms with E-state index in [0.29, 0.717) is 17.0 Å². The Balaban J connectivity index is 1.59. The number of carbonyl (C=O) groups excluding carboxylic acids is 3. The highest BCUT2D eigenvalue weighted by Crippen LogP contribution is 2.48. The number of amides is 1. The Morgan fingerprint density at radius 2 is 1.90 bits per heavy atom. The summed E-state index contributed by atoms with van der Waals surface area (Å²) in [5.41, 5.74) is 2.78. The number of hydrogen-bond acceptors (Lipinski definition) is 5. The van der Waals surface area contributed by atoms with Crippen LogP contribution in [-0.2, 0) is 14.4 Å². The van der Waals surface area contributed by atoms with Gasteiger partial charge in [0.25, 0.3) is 5.91 Å². The molecular weight excluding hydrogens is 396 g/mol. The number of fused-ring (bicyclic) bond motifs is 1. The van der Waals surface area contributed by atoms with E-state index >= 15 is 0 Å². The van der Waals surface area contributed by atoms with E-state index in [-0.39, 0.29) is 17.1 Å². The van der Waals surface area contributed by atoms with Gasteiger partial charge < -0.3 is 10.6 Å². The normalized spacial score (nSPS) is 26.5. The van der Waals surface area contributed by atoms with Gasteiger partial charge in [0.05, 0.1) is 22.1 Å². The molecule has 0 saturated heterocycles. The fourth-order valence-electron chi connectivity index (χ4n) is 4.43. The Labute approximate surface area is 181 Å². The Kier molecular flexibility index (Phi) is 5.22. The van der Waals surface area contributed by atoms with E-state index in [4.69, 9.17) is 0 Å². The zero-order valence-electron chi connectivity index (χ0n) is 17.6. The SMILES string of the molecule is Cc1ccc(NC(=O)C(=O)[C@H]2C(=O)C3=C(CC2(C)C)N[C@@H]2C=CC=C[C@@H]2S3)c(C)c1. The number of anilines is 1. The molecule has 1 aromatic rings. The van der Waals surface area contributed by atoms with Gasteiger partial charge in [-0.15, -0.1) is 11.8 Å². The lowest BCUT2D eigenvalue weighted by molar-refractivity contribution is -0.144. The van der Waals surface area contributed by atoms with Crippen LogP contribution in [0, 0.1) is 25.2 Å². The van der Waals surface area contributed by atoms with Gasteiger partial charge in [0.15, 0.2) is 5.78 Å². The van der Waals surface area contributed by atoms with E-state index < -0.39 is 23.0 Å². The van der Waals surface area contributed by atoms with Crippen molar-refractivity contribution < 1.29 is 14.4 Å². The third kappa shape index (κ3) is 3.65. The summed E-state index contributed by atoms with van der Waals surface area (Å²) >= 11 is 1.49. The van der Waals surface area contributed by atoms with Gasteiger partial charge in [0.1, 0.15) is 0 Å². The van der Waals surface area contributed by atoms with Gasteiger partial charge in [-0.25, -0.2) is 0 Å². The number of benzene rings is 1. The summed E-state index contributed by atoms with van der Waals surface area (Å²) in [5, 5.41) is 6.29. The van der Waals surface area contributed by atoms with Gasteiger partial charge in [-0.3, -0.25) is 14.4 Å². The maximum Gasteiger partial charge on any atom is 0.292 e. The molecule has 1 amide bonds. The van der Waals surface area contributed by atoms with Crippen LogP contribution < -0.4 is 10.6 Å². The summed E-state index contributed by atoms with van der Waals surface area (Å²) in [6, 6.07) is 5.75. The minimum absolute atomic E-state index is 0.110. The van der Waals surface area contributed by atoms with Gasteiger partial charge in [0, 0.05) is 11.4 Å². The molecule has 2 aliphatic carbocycles.